The van der Waals surface area contributed by atoms with Gasteiger partial charge < -0.3 is 5.32 Å². The van der Waals surface area contributed by atoms with Crippen LogP contribution in [0.2, 0.25) is 5.02 Å². The largest absolute Gasteiger partial charge is 0.380 e. The molecule has 0 saturated carbocycles. The summed E-state index contributed by atoms with van der Waals surface area (Å²) in [4.78, 5) is 0. The molecule has 2 rings (SSSR count). The molecule has 1 heterocycles. The Morgan fingerprint density at radius 1 is 1.53 bits per heavy atom. The summed E-state index contributed by atoms with van der Waals surface area (Å²) < 4.78 is 1.68. The van der Waals surface area contributed by atoms with Crippen LogP contribution in [0.4, 0.5) is 5.69 Å². The molecule has 0 fully saturated rings. The van der Waals surface area contributed by atoms with E-state index in [4.69, 9.17) is 11.6 Å². The number of nitrogens with one attached hydrogen (secondary N) is 1. The van der Waals surface area contributed by atoms with Crippen molar-refractivity contribution in [1.29, 1.82) is 0 Å². The minimum atomic E-state index is 0.691. The highest BCUT2D eigenvalue weighted by Gasteiger charge is 2.02. The fraction of sp³-hybridized carbons (Fsp3) is 0.154. The molecular formula is C13H14ClN3. The van der Waals surface area contributed by atoms with Crippen molar-refractivity contribution in [1.82, 2.24) is 9.78 Å². The Bertz CT molecular complexity index is 531. The quantitative estimate of drug-likeness (QED) is 0.895. The molecule has 2 aromatic rings. The summed E-state index contributed by atoms with van der Waals surface area (Å²) in [7, 11) is 0. The number of halogens is 1. The van der Waals surface area contributed by atoms with E-state index in [9.17, 15) is 0 Å². The first-order valence-corrected chi connectivity index (χ1v) is 5.73. The molecule has 4 heteroatoms. The molecule has 1 aromatic carbocycles. The Morgan fingerprint density at radius 3 is 3.06 bits per heavy atom. The third-order valence-corrected chi connectivity index (χ3v) is 3.02. The van der Waals surface area contributed by atoms with Gasteiger partial charge in [0.25, 0.3) is 0 Å². The zero-order chi connectivity index (χ0) is 12.3. The first-order valence-electron chi connectivity index (χ1n) is 5.35. The predicted octanol–water partition coefficient (Wildman–Crippen LogP) is 3.56. The monoisotopic (exact) mass is 247 g/mol. The van der Waals surface area contributed by atoms with Gasteiger partial charge in [0.1, 0.15) is 0 Å². The van der Waals surface area contributed by atoms with Crippen molar-refractivity contribution in [2.45, 2.75) is 13.5 Å². The van der Waals surface area contributed by atoms with Gasteiger partial charge in [0, 0.05) is 24.5 Å². The second-order valence-electron chi connectivity index (χ2n) is 3.80. The van der Waals surface area contributed by atoms with Crippen molar-refractivity contribution < 1.29 is 0 Å². The van der Waals surface area contributed by atoms with E-state index in [2.05, 4.69) is 17.0 Å². The molecule has 0 spiro atoms. The number of hydrogen-bond acceptors (Lipinski definition) is 2. The van der Waals surface area contributed by atoms with Crippen LogP contribution in [0.15, 0.2) is 37.2 Å². The van der Waals surface area contributed by atoms with Gasteiger partial charge in [-0.15, -0.1) is 0 Å². The van der Waals surface area contributed by atoms with Crippen LogP contribution in [-0.2, 0) is 6.54 Å². The molecule has 1 N–H and O–H groups in total. The first kappa shape index (κ1) is 11.7. The lowest BCUT2D eigenvalue weighted by atomic mass is 10.2. The van der Waals surface area contributed by atoms with Crippen molar-refractivity contribution >= 4 is 23.5 Å². The molecule has 0 bridgehead atoms. The zero-order valence-corrected chi connectivity index (χ0v) is 10.4. The zero-order valence-electron chi connectivity index (χ0n) is 9.65. The van der Waals surface area contributed by atoms with E-state index in [0.717, 1.165) is 21.8 Å². The average molecular weight is 248 g/mol. The number of aromatic nitrogens is 2. The van der Waals surface area contributed by atoms with E-state index in [1.807, 2.05) is 31.3 Å². The number of benzene rings is 1. The third-order valence-electron chi connectivity index (χ3n) is 2.52. The molecule has 0 aliphatic heterocycles. The van der Waals surface area contributed by atoms with Gasteiger partial charge in [-0.1, -0.05) is 30.3 Å². The molecule has 0 unspecified atom stereocenters. The van der Waals surface area contributed by atoms with Crippen molar-refractivity contribution in [3.63, 3.8) is 0 Å². The van der Waals surface area contributed by atoms with Crippen LogP contribution in [-0.4, -0.2) is 9.78 Å². The van der Waals surface area contributed by atoms with E-state index in [1.54, 1.807) is 17.1 Å². The van der Waals surface area contributed by atoms with Crippen molar-refractivity contribution in [2.75, 3.05) is 5.32 Å². The summed E-state index contributed by atoms with van der Waals surface area (Å²) in [6.07, 6.45) is 5.38. The molecule has 88 valence electrons. The Morgan fingerprint density at radius 2 is 2.35 bits per heavy atom. The lowest BCUT2D eigenvalue weighted by Crippen LogP contribution is -1.99. The first-order chi connectivity index (χ1) is 8.20. The molecule has 0 aliphatic rings. The molecule has 0 radical (unpaired) electrons. The molecule has 3 nitrogen and oxygen atoms in total. The van der Waals surface area contributed by atoms with Crippen LogP contribution >= 0.6 is 11.6 Å². The second-order valence-corrected chi connectivity index (χ2v) is 4.18. The van der Waals surface area contributed by atoms with E-state index >= 15 is 0 Å². The van der Waals surface area contributed by atoms with Crippen LogP contribution in [0, 0.1) is 6.92 Å². The maximum atomic E-state index is 6.19. The SMILES string of the molecule is C=Cn1cc(CNc2cccc(C)c2Cl)cn1. The second kappa shape index (κ2) is 5.06. The molecule has 0 aliphatic carbocycles. The van der Waals surface area contributed by atoms with Crippen LogP contribution in [0.5, 0.6) is 0 Å². The average Bonchev–Trinajstić information content (AvgIpc) is 2.79. The topological polar surface area (TPSA) is 29.9 Å². The molecule has 0 amide bonds. The van der Waals surface area contributed by atoms with E-state index in [-0.39, 0.29) is 0 Å². The van der Waals surface area contributed by atoms with Gasteiger partial charge in [0.05, 0.1) is 16.9 Å². The maximum absolute atomic E-state index is 6.19. The lowest BCUT2D eigenvalue weighted by Gasteiger charge is -2.08. The summed E-state index contributed by atoms with van der Waals surface area (Å²) in [5.74, 6) is 0. The number of aryl methyl sites for hydroxylation is 1. The third kappa shape index (κ3) is 2.68. The van der Waals surface area contributed by atoms with Crippen LogP contribution in [0.1, 0.15) is 11.1 Å². The Kier molecular flexibility index (Phi) is 3.49. The fourth-order valence-electron chi connectivity index (χ4n) is 1.55. The number of rotatable bonds is 4. The van der Waals surface area contributed by atoms with Gasteiger partial charge >= 0.3 is 0 Å². The molecule has 0 atom stereocenters. The van der Waals surface area contributed by atoms with Crippen LogP contribution < -0.4 is 5.32 Å². The number of anilines is 1. The Hall–Kier alpha value is -1.74. The Labute approximate surface area is 106 Å². The summed E-state index contributed by atoms with van der Waals surface area (Å²) in [6.45, 7) is 6.33. The van der Waals surface area contributed by atoms with Crippen LogP contribution in [0.3, 0.4) is 0 Å². The minimum absolute atomic E-state index is 0.691. The molecule has 1 aromatic heterocycles. The summed E-state index contributed by atoms with van der Waals surface area (Å²) in [5, 5.41) is 8.17. The summed E-state index contributed by atoms with van der Waals surface area (Å²) in [6, 6.07) is 5.94. The summed E-state index contributed by atoms with van der Waals surface area (Å²) in [5.41, 5.74) is 3.10. The minimum Gasteiger partial charge on any atom is -0.380 e. The van der Waals surface area contributed by atoms with Gasteiger partial charge in [-0.05, 0) is 18.6 Å². The van der Waals surface area contributed by atoms with E-state index < -0.39 is 0 Å². The smallest absolute Gasteiger partial charge is 0.0666 e. The highest BCUT2D eigenvalue weighted by atomic mass is 35.5. The van der Waals surface area contributed by atoms with Crippen molar-refractivity contribution in [2.24, 2.45) is 0 Å². The highest BCUT2D eigenvalue weighted by Crippen LogP contribution is 2.25. The highest BCUT2D eigenvalue weighted by molar-refractivity contribution is 6.33. The number of hydrogen-bond donors (Lipinski definition) is 1. The fourth-order valence-corrected chi connectivity index (χ4v) is 1.74. The summed E-state index contributed by atoms with van der Waals surface area (Å²) >= 11 is 6.19. The normalized spacial score (nSPS) is 10.2. The van der Waals surface area contributed by atoms with Gasteiger partial charge in [-0.2, -0.15) is 5.10 Å². The molecule has 0 saturated heterocycles. The van der Waals surface area contributed by atoms with Gasteiger partial charge in [0.15, 0.2) is 0 Å². The van der Waals surface area contributed by atoms with Crippen molar-refractivity contribution in [3.8, 4) is 0 Å². The van der Waals surface area contributed by atoms with Crippen molar-refractivity contribution in [3.05, 3.63) is 53.3 Å². The van der Waals surface area contributed by atoms with Gasteiger partial charge in [0.2, 0.25) is 0 Å². The van der Waals surface area contributed by atoms with Gasteiger partial charge in [-0.3, -0.25) is 0 Å². The van der Waals surface area contributed by atoms with E-state index in [0.29, 0.717) is 6.54 Å². The molecule has 17 heavy (non-hydrogen) atoms. The number of nitrogens with zero attached hydrogens (tertiary/aromatic N) is 2. The maximum Gasteiger partial charge on any atom is 0.0666 e. The van der Waals surface area contributed by atoms with Crippen LogP contribution in [0.25, 0.3) is 6.20 Å². The van der Waals surface area contributed by atoms with E-state index in [1.165, 1.54) is 0 Å². The van der Waals surface area contributed by atoms with Gasteiger partial charge in [-0.25, -0.2) is 4.68 Å². The lowest BCUT2D eigenvalue weighted by molar-refractivity contribution is 0.936. The standard InChI is InChI=1S/C13H14ClN3/c1-3-17-9-11(8-16-17)7-15-12-6-4-5-10(2)13(12)14/h3-6,8-9,15H,1,7H2,2H3. The molecular weight excluding hydrogens is 234 g/mol. The Balaban J connectivity index is 2.07. The predicted molar refractivity (Wildman–Crippen MR) is 72.1 cm³/mol.